The molecule has 1 atom stereocenters. The highest BCUT2D eigenvalue weighted by atomic mass is 79.9. The van der Waals surface area contributed by atoms with Gasteiger partial charge in [0.25, 0.3) is 0 Å². The zero-order chi connectivity index (χ0) is 22.1. The second-order valence-electron chi connectivity index (χ2n) is 8.71. The van der Waals surface area contributed by atoms with Crippen LogP contribution in [0.15, 0.2) is 47.1 Å². The molecule has 8 heteroatoms. The second-order valence-corrected chi connectivity index (χ2v) is 9.62. The lowest BCUT2D eigenvalue weighted by Gasteiger charge is -2.35. The molecule has 168 valence electrons. The summed E-state index contributed by atoms with van der Waals surface area (Å²) >= 11 is 3.54. The molecule has 7 nitrogen and oxygen atoms in total. The fourth-order valence-corrected chi connectivity index (χ4v) is 5.45. The molecular weight excluding hydrogens is 470 g/mol. The number of fused-ring (bicyclic) bond motifs is 2. The van der Waals surface area contributed by atoms with E-state index in [2.05, 4.69) is 36.8 Å². The molecule has 2 fully saturated rings. The number of hydrogen-bond acceptors (Lipinski definition) is 5. The Bertz CT molecular complexity index is 993. The number of carbonyl (C=O) groups excluding carboxylic acids is 2. The minimum absolute atomic E-state index is 0.0666. The number of carbonyl (C=O) groups is 2. The summed E-state index contributed by atoms with van der Waals surface area (Å²) in [5.74, 6) is 1.19. The second kappa shape index (κ2) is 9.19. The number of halogens is 1. The monoisotopic (exact) mass is 497 g/mol. The predicted molar refractivity (Wildman–Crippen MR) is 128 cm³/mol. The Labute approximate surface area is 197 Å². The van der Waals surface area contributed by atoms with Crippen LogP contribution in [0.5, 0.6) is 0 Å². The molecule has 4 heterocycles. The average Bonchev–Trinajstić information content (AvgIpc) is 3.13. The first-order chi connectivity index (χ1) is 15.6. The summed E-state index contributed by atoms with van der Waals surface area (Å²) in [6.45, 7) is 6.07. The van der Waals surface area contributed by atoms with Crippen molar-refractivity contribution < 1.29 is 9.59 Å². The van der Waals surface area contributed by atoms with Crippen molar-refractivity contribution in [1.82, 2.24) is 14.8 Å². The highest BCUT2D eigenvalue weighted by molar-refractivity contribution is 9.10. The number of aromatic nitrogens is 1. The number of pyridine rings is 1. The van der Waals surface area contributed by atoms with Crippen LogP contribution in [0.25, 0.3) is 0 Å². The van der Waals surface area contributed by atoms with E-state index >= 15 is 0 Å². The van der Waals surface area contributed by atoms with Gasteiger partial charge in [-0.1, -0.05) is 22.0 Å². The first-order valence-corrected chi connectivity index (χ1v) is 12.2. The number of benzene rings is 1. The average molecular weight is 498 g/mol. The maximum atomic E-state index is 13.4. The summed E-state index contributed by atoms with van der Waals surface area (Å²) in [4.78, 5) is 38.7. The standard InChI is InChI=1S/C24H28BrN5O2/c25-19-5-6-20-18(16-19)17-30-21(7-8-23(30)31)24(32)29(20)11-3-10-27-12-14-28(15-13-27)22-4-1-2-9-26-22/h1-2,4-6,9,16,21H,3,7-8,10-15,17H2/t21-/m1/s1. The van der Waals surface area contributed by atoms with Crippen LogP contribution in [-0.2, 0) is 16.1 Å². The molecule has 2 aromatic rings. The Morgan fingerprint density at radius 2 is 1.88 bits per heavy atom. The van der Waals surface area contributed by atoms with Crippen LogP contribution >= 0.6 is 15.9 Å². The number of nitrogens with zero attached hydrogens (tertiary/aromatic N) is 5. The molecule has 3 aliphatic heterocycles. The highest BCUT2D eigenvalue weighted by Gasteiger charge is 2.41. The van der Waals surface area contributed by atoms with Gasteiger partial charge in [-0.05, 0) is 55.3 Å². The van der Waals surface area contributed by atoms with Gasteiger partial charge in [-0.3, -0.25) is 14.5 Å². The number of amides is 2. The van der Waals surface area contributed by atoms with Crippen LogP contribution < -0.4 is 9.80 Å². The van der Waals surface area contributed by atoms with Gasteiger partial charge < -0.3 is 14.7 Å². The number of anilines is 2. The highest BCUT2D eigenvalue weighted by Crippen LogP contribution is 2.34. The topological polar surface area (TPSA) is 60.0 Å². The molecule has 0 radical (unpaired) electrons. The van der Waals surface area contributed by atoms with E-state index in [1.54, 1.807) is 4.90 Å². The fraction of sp³-hybridized carbons (Fsp3) is 0.458. The first-order valence-electron chi connectivity index (χ1n) is 11.4. The Kier molecular flexibility index (Phi) is 6.15. The van der Waals surface area contributed by atoms with Crippen molar-refractivity contribution >= 4 is 39.2 Å². The summed E-state index contributed by atoms with van der Waals surface area (Å²) in [6.07, 6.45) is 3.84. The summed E-state index contributed by atoms with van der Waals surface area (Å²) in [7, 11) is 0. The third kappa shape index (κ3) is 4.26. The van der Waals surface area contributed by atoms with Gasteiger partial charge in [0.2, 0.25) is 11.8 Å². The third-order valence-corrected chi connectivity index (χ3v) is 7.25. The summed E-state index contributed by atoms with van der Waals surface area (Å²) < 4.78 is 0.972. The molecule has 32 heavy (non-hydrogen) atoms. The van der Waals surface area contributed by atoms with Crippen molar-refractivity contribution in [2.75, 3.05) is 49.1 Å². The van der Waals surface area contributed by atoms with E-state index in [9.17, 15) is 9.59 Å². The molecule has 0 unspecified atom stereocenters. The Morgan fingerprint density at radius 1 is 1.03 bits per heavy atom. The lowest BCUT2D eigenvalue weighted by Crippen LogP contribution is -2.48. The van der Waals surface area contributed by atoms with Crippen LogP contribution in [0, 0.1) is 0 Å². The largest absolute Gasteiger partial charge is 0.354 e. The van der Waals surface area contributed by atoms with Crippen LogP contribution in [0.2, 0.25) is 0 Å². The van der Waals surface area contributed by atoms with Gasteiger partial charge in [0, 0.05) is 62.0 Å². The van der Waals surface area contributed by atoms with E-state index in [1.807, 2.05) is 41.4 Å². The molecule has 2 amide bonds. The number of hydrogen-bond donors (Lipinski definition) is 0. The van der Waals surface area contributed by atoms with Gasteiger partial charge in [-0.15, -0.1) is 0 Å². The molecule has 0 saturated carbocycles. The minimum atomic E-state index is -0.324. The molecule has 0 bridgehead atoms. The molecule has 0 spiro atoms. The zero-order valence-electron chi connectivity index (χ0n) is 18.1. The predicted octanol–water partition coefficient (Wildman–Crippen LogP) is 2.89. The first kappa shape index (κ1) is 21.4. The molecule has 5 rings (SSSR count). The van der Waals surface area contributed by atoms with E-state index in [0.717, 1.165) is 60.7 Å². The van der Waals surface area contributed by atoms with Crippen molar-refractivity contribution in [3.63, 3.8) is 0 Å². The van der Waals surface area contributed by atoms with Gasteiger partial charge in [0.1, 0.15) is 11.9 Å². The Balaban J connectivity index is 1.22. The number of rotatable bonds is 5. The normalized spacial score (nSPS) is 21.5. The quantitative estimate of drug-likeness (QED) is 0.635. The molecule has 1 aromatic carbocycles. The zero-order valence-corrected chi connectivity index (χ0v) is 19.7. The van der Waals surface area contributed by atoms with Gasteiger partial charge in [-0.25, -0.2) is 4.98 Å². The van der Waals surface area contributed by atoms with Crippen LogP contribution in [-0.4, -0.2) is 71.9 Å². The van der Waals surface area contributed by atoms with Gasteiger partial charge in [0.15, 0.2) is 0 Å². The Morgan fingerprint density at radius 3 is 2.66 bits per heavy atom. The van der Waals surface area contributed by atoms with E-state index < -0.39 is 0 Å². The van der Waals surface area contributed by atoms with Crippen molar-refractivity contribution in [1.29, 1.82) is 0 Å². The number of piperazine rings is 1. The van der Waals surface area contributed by atoms with Crippen LogP contribution in [0.3, 0.4) is 0 Å². The summed E-state index contributed by atoms with van der Waals surface area (Å²) in [5, 5.41) is 0. The van der Waals surface area contributed by atoms with Gasteiger partial charge in [0.05, 0.1) is 0 Å². The lowest BCUT2D eigenvalue weighted by atomic mass is 10.1. The van der Waals surface area contributed by atoms with Crippen LogP contribution in [0.1, 0.15) is 24.8 Å². The Hall–Kier alpha value is -2.45. The lowest BCUT2D eigenvalue weighted by molar-refractivity contribution is -0.134. The molecule has 2 saturated heterocycles. The van der Waals surface area contributed by atoms with E-state index in [0.29, 0.717) is 25.9 Å². The molecule has 0 aliphatic carbocycles. The van der Waals surface area contributed by atoms with Crippen molar-refractivity contribution in [3.8, 4) is 0 Å². The maximum Gasteiger partial charge on any atom is 0.249 e. The molecule has 0 N–H and O–H groups in total. The van der Waals surface area contributed by atoms with Gasteiger partial charge in [-0.2, -0.15) is 0 Å². The fourth-order valence-electron chi connectivity index (χ4n) is 5.04. The van der Waals surface area contributed by atoms with Gasteiger partial charge >= 0.3 is 0 Å². The molecular formula is C24H28BrN5O2. The van der Waals surface area contributed by atoms with Crippen molar-refractivity contribution in [3.05, 3.63) is 52.6 Å². The van der Waals surface area contributed by atoms with E-state index in [1.165, 1.54) is 0 Å². The third-order valence-electron chi connectivity index (χ3n) is 6.75. The SMILES string of the molecule is O=C1[C@H]2CCC(=O)N2Cc2cc(Br)ccc2N1CCCN1CCN(c2ccccn2)CC1. The summed E-state index contributed by atoms with van der Waals surface area (Å²) in [6, 6.07) is 11.7. The summed E-state index contributed by atoms with van der Waals surface area (Å²) in [5.41, 5.74) is 1.98. The maximum absolute atomic E-state index is 13.4. The smallest absolute Gasteiger partial charge is 0.249 e. The molecule has 1 aromatic heterocycles. The van der Waals surface area contributed by atoms with E-state index in [-0.39, 0.29) is 17.9 Å². The van der Waals surface area contributed by atoms with Crippen LogP contribution in [0.4, 0.5) is 11.5 Å². The molecule has 3 aliphatic rings. The van der Waals surface area contributed by atoms with Crippen molar-refractivity contribution in [2.24, 2.45) is 0 Å². The van der Waals surface area contributed by atoms with E-state index in [4.69, 9.17) is 0 Å². The minimum Gasteiger partial charge on any atom is -0.354 e. The van der Waals surface area contributed by atoms with Crippen molar-refractivity contribution in [2.45, 2.75) is 31.8 Å².